The van der Waals surface area contributed by atoms with E-state index in [1.165, 1.54) is 6.33 Å². The molecule has 0 atom stereocenters. The Hall–Kier alpha value is -1.39. The number of aliphatic carboxylic acids is 1. The summed E-state index contributed by atoms with van der Waals surface area (Å²) < 4.78 is 0. The van der Waals surface area contributed by atoms with Gasteiger partial charge in [0.15, 0.2) is 0 Å². The van der Waals surface area contributed by atoms with E-state index in [0.29, 0.717) is 5.82 Å². The molecule has 0 aliphatic rings. The van der Waals surface area contributed by atoms with Crippen LogP contribution in [0.4, 0.5) is 0 Å². The van der Waals surface area contributed by atoms with Crippen LogP contribution >= 0.6 is 0 Å². The van der Waals surface area contributed by atoms with E-state index in [1.807, 2.05) is 0 Å². The van der Waals surface area contributed by atoms with Crippen LogP contribution in [0, 0.1) is 0 Å². The molecule has 0 radical (unpaired) electrons. The van der Waals surface area contributed by atoms with Crippen molar-refractivity contribution in [3.05, 3.63) is 12.2 Å². The number of carboxylic acid groups (broad SMARTS) is 1. The fourth-order valence-electron chi connectivity index (χ4n) is 0.608. The number of aromatic nitrogens is 3. The summed E-state index contributed by atoms with van der Waals surface area (Å²) in [5, 5.41) is 14.8. The van der Waals surface area contributed by atoms with Gasteiger partial charge in [0.05, 0.1) is 0 Å². The van der Waals surface area contributed by atoms with Crippen molar-refractivity contribution < 1.29 is 9.90 Å². The van der Waals surface area contributed by atoms with E-state index < -0.39 is 11.4 Å². The maximum absolute atomic E-state index is 10.6. The van der Waals surface area contributed by atoms with E-state index in [1.54, 1.807) is 13.8 Å². The average Bonchev–Trinajstić information content (AvgIpc) is 2.37. The van der Waals surface area contributed by atoms with Crippen molar-refractivity contribution in [1.29, 1.82) is 0 Å². The standard InChI is InChI=1S/C6H9N3O2/c1-6(2,5(10)11)4-7-3-8-9-4/h3H,1-2H3,(H,10,11)(H,7,8,9). The Morgan fingerprint density at radius 3 is 2.73 bits per heavy atom. The monoisotopic (exact) mass is 155 g/mol. The molecule has 1 rings (SSSR count). The summed E-state index contributed by atoms with van der Waals surface area (Å²) in [6, 6.07) is 0. The zero-order chi connectivity index (χ0) is 8.48. The Morgan fingerprint density at radius 1 is 1.73 bits per heavy atom. The number of rotatable bonds is 2. The third-order valence-corrected chi connectivity index (χ3v) is 1.54. The second kappa shape index (κ2) is 2.34. The third-order valence-electron chi connectivity index (χ3n) is 1.54. The Kier molecular flexibility index (Phi) is 1.64. The highest BCUT2D eigenvalue weighted by molar-refractivity contribution is 5.78. The molecule has 0 spiro atoms. The van der Waals surface area contributed by atoms with Crippen molar-refractivity contribution in [1.82, 2.24) is 15.2 Å². The van der Waals surface area contributed by atoms with E-state index in [0.717, 1.165) is 0 Å². The highest BCUT2D eigenvalue weighted by Crippen LogP contribution is 2.17. The highest BCUT2D eigenvalue weighted by Gasteiger charge is 2.32. The predicted molar refractivity (Wildman–Crippen MR) is 37.0 cm³/mol. The molecule has 0 saturated heterocycles. The third kappa shape index (κ3) is 1.21. The van der Waals surface area contributed by atoms with Gasteiger partial charge in [-0.05, 0) is 13.8 Å². The van der Waals surface area contributed by atoms with Gasteiger partial charge in [-0.25, -0.2) is 4.98 Å². The minimum absolute atomic E-state index is 0.366. The minimum atomic E-state index is -0.990. The summed E-state index contributed by atoms with van der Waals surface area (Å²) in [6.07, 6.45) is 1.29. The van der Waals surface area contributed by atoms with E-state index in [2.05, 4.69) is 15.2 Å². The number of aromatic amines is 1. The van der Waals surface area contributed by atoms with Crippen LogP contribution in [-0.2, 0) is 10.2 Å². The number of nitrogens with zero attached hydrogens (tertiary/aromatic N) is 2. The Balaban J connectivity index is 3.00. The fraction of sp³-hybridized carbons (Fsp3) is 0.500. The van der Waals surface area contributed by atoms with Gasteiger partial charge in [0.1, 0.15) is 17.6 Å². The Morgan fingerprint density at radius 2 is 2.36 bits per heavy atom. The van der Waals surface area contributed by atoms with Gasteiger partial charge in [0.2, 0.25) is 0 Å². The maximum atomic E-state index is 10.6. The average molecular weight is 155 g/mol. The molecule has 0 amide bonds. The van der Waals surface area contributed by atoms with Crippen molar-refractivity contribution in [2.24, 2.45) is 0 Å². The zero-order valence-corrected chi connectivity index (χ0v) is 6.33. The molecule has 11 heavy (non-hydrogen) atoms. The molecular weight excluding hydrogens is 146 g/mol. The topological polar surface area (TPSA) is 78.9 Å². The van der Waals surface area contributed by atoms with E-state index >= 15 is 0 Å². The van der Waals surface area contributed by atoms with Gasteiger partial charge >= 0.3 is 5.97 Å². The first kappa shape index (κ1) is 7.71. The molecule has 0 saturated carbocycles. The van der Waals surface area contributed by atoms with Gasteiger partial charge in [-0.2, -0.15) is 5.10 Å². The van der Waals surface area contributed by atoms with Gasteiger partial charge in [0, 0.05) is 0 Å². The molecule has 60 valence electrons. The van der Waals surface area contributed by atoms with Crippen LogP contribution < -0.4 is 0 Å². The fourth-order valence-corrected chi connectivity index (χ4v) is 0.608. The lowest BCUT2D eigenvalue weighted by atomic mass is 9.93. The normalized spacial score (nSPS) is 11.5. The van der Waals surface area contributed by atoms with E-state index in [9.17, 15) is 4.79 Å². The number of carbonyl (C=O) groups is 1. The molecular formula is C6H9N3O2. The van der Waals surface area contributed by atoms with Crippen molar-refractivity contribution in [3.63, 3.8) is 0 Å². The van der Waals surface area contributed by atoms with Crippen LogP contribution in [0.15, 0.2) is 6.33 Å². The highest BCUT2D eigenvalue weighted by atomic mass is 16.4. The van der Waals surface area contributed by atoms with Gasteiger partial charge in [-0.1, -0.05) is 0 Å². The first-order valence-electron chi connectivity index (χ1n) is 3.14. The van der Waals surface area contributed by atoms with Crippen LogP contribution in [0.1, 0.15) is 19.7 Å². The summed E-state index contributed by atoms with van der Waals surface area (Å²) in [5.74, 6) is -0.556. The van der Waals surface area contributed by atoms with Crippen LogP contribution in [0.3, 0.4) is 0 Å². The summed E-state index contributed by atoms with van der Waals surface area (Å²) in [7, 11) is 0. The molecule has 5 heteroatoms. The molecule has 0 bridgehead atoms. The second-order valence-electron chi connectivity index (χ2n) is 2.76. The lowest BCUT2D eigenvalue weighted by Crippen LogP contribution is -2.29. The molecule has 0 unspecified atom stereocenters. The van der Waals surface area contributed by atoms with Crippen LogP contribution in [0.25, 0.3) is 0 Å². The van der Waals surface area contributed by atoms with Gasteiger partial charge in [-0.15, -0.1) is 0 Å². The molecule has 1 aromatic heterocycles. The molecule has 1 aromatic rings. The smallest absolute Gasteiger partial charge is 0.316 e. The number of hydrogen-bond acceptors (Lipinski definition) is 3. The predicted octanol–water partition coefficient (Wildman–Crippen LogP) is 0.167. The summed E-state index contributed by atoms with van der Waals surface area (Å²) in [4.78, 5) is 14.4. The molecule has 0 fully saturated rings. The Bertz CT molecular complexity index is 253. The van der Waals surface area contributed by atoms with E-state index in [-0.39, 0.29) is 0 Å². The number of H-pyrrole nitrogens is 1. The van der Waals surface area contributed by atoms with Crippen molar-refractivity contribution in [2.45, 2.75) is 19.3 Å². The minimum Gasteiger partial charge on any atom is -0.481 e. The summed E-state index contributed by atoms with van der Waals surface area (Å²) in [6.45, 7) is 3.13. The van der Waals surface area contributed by atoms with Crippen molar-refractivity contribution >= 4 is 5.97 Å². The number of nitrogens with one attached hydrogen (secondary N) is 1. The Labute approximate surface area is 63.5 Å². The molecule has 0 aliphatic heterocycles. The second-order valence-corrected chi connectivity index (χ2v) is 2.76. The maximum Gasteiger partial charge on any atom is 0.316 e. The van der Waals surface area contributed by atoms with E-state index in [4.69, 9.17) is 5.11 Å². The first-order chi connectivity index (χ1) is 5.05. The van der Waals surface area contributed by atoms with Crippen molar-refractivity contribution in [3.8, 4) is 0 Å². The summed E-state index contributed by atoms with van der Waals surface area (Å²) >= 11 is 0. The van der Waals surface area contributed by atoms with Gasteiger partial charge < -0.3 is 5.11 Å². The summed E-state index contributed by atoms with van der Waals surface area (Å²) in [5.41, 5.74) is -0.990. The SMILES string of the molecule is CC(C)(C(=O)O)c1ncn[nH]1. The van der Waals surface area contributed by atoms with Gasteiger partial charge in [0.25, 0.3) is 0 Å². The van der Waals surface area contributed by atoms with Crippen LogP contribution in [-0.4, -0.2) is 26.3 Å². The molecule has 0 aliphatic carbocycles. The first-order valence-corrected chi connectivity index (χ1v) is 3.14. The number of hydrogen-bond donors (Lipinski definition) is 2. The largest absolute Gasteiger partial charge is 0.481 e. The van der Waals surface area contributed by atoms with Gasteiger partial charge in [-0.3, -0.25) is 9.89 Å². The molecule has 1 heterocycles. The van der Waals surface area contributed by atoms with Crippen LogP contribution in [0.5, 0.6) is 0 Å². The lowest BCUT2D eigenvalue weighted by Gasteiger charge is -2.14. The van der Waals surface area contributed by atoms with Crippen LogP contribution in [0.2, 0.25) is 0 Å². The lowest BCUT2D eigenvalue weighted by molar-refractivity contribution is -0.142. The quantitative estimate of drug-likeness (QED) is 0.637. The molecule has 5 nitrogen and oxygen atoms in total. The molecule has 0 aromatic carbocycles. The zero-order valence-electron chi connectivity index (χ0n) is 6.33. The molecule has 2 N–H and O–H groups in total. The number of carboxylic acids is 1. The van der Waals surface area contributed by atoms with Crippen molar-refractivity contribution in [2.75, 3.05) is 0 Å².